The Balaban J connectivity index is 2.41. The predicted molar refractivity (Wildman–Crippen MR) is 105 cm³/mol. The summed E-state index contributed by atoms with van der Waals surface area (Å²) >= 11 is 0. The fourth-order valence-corrected chi connectivity index (χ4v) is 3.63. The molecule has 5 heteroatoms. The van der Waals surface area contributed by atoms with Crippen LogP contribution in [0.4, 0.5) is 0 Å². The smallest absolute Gasteiger partial charge is 0.197 e. The van der Waals surface area contributed by atoms with Crippen LogP contribution in [0, 0.1) is 0 Å². The van der Waals surface area contributed by atoms with Gasteiger partial charge in [-0.05, 0) is 30.4 Å². The highest BCUT2D eigenvalue weighted by Crippen LogP contribution is 2.35. The van der Waals surface area contributed by atoms with Gasteiger partial charge in [0.2, 0.25) is 0 Å². The van der Waals surface area contributed by atoms with Crippen molar-refractivity contribution in [2.75, 3.05) is 12.8 Å². The van der Waals surface area contributed by atoms with E-state index in [1.807, 2.05) is 12.1 Å². The Hall–Kier alpha value is -0.960. The lowest BCUT2D eigenvalue weighted by atomic mass is 9.99. The molecule has 1 rings (SSSR count). The van der Waals surface area contributed by atoms with Crippen molar-refractivity contribution in [3.63, 3.8) is 0 Å². The summed E-state index contributed by atoms with van der Waals surface area (Å²) in [5.74, 6) is -0.0647. The number of unbranched alkanes of at least 4 members (excludes halogenated alkanes) is 5. The first kappa shape index (κ1) is 22.1. The van der Waals surface area contributed by atoms with Crippen LogP contribution in [0.5, 0.6) is 0 Å². The molecule has 0 saturated carbocycles. The summed E-state index contributed by atoms with van der Waals surface area (Å²) in [7, 11) is -3.10. The van der Waals surface area contributed by atoms with Gasteiger partial charge < -0.3 is 10.6 Å². The molecule has 2 atom stereocenters. The van der Waals surface area contributed by atoms with Crippen molar-refractivity contribution in [1.29, 1.82) is 0 Å². The quantitative estimate of drug-likeness (QED) is 0.402. The van der Waals surface area contributed by atoms with Crippen molar-refractivity contribution < 1.29 is 14.3 Å². The van der Waals surface area contributed by atoms with E-state index < -0.39 is 13.4 Å². The molecule has 142 valence electrons. The molecule has 0 radical (unpaired) electrons. The molecule has 0 fully saturated rings. The summed E-state index contributed by atoms with van der Waals surface area (Å²) < 4.78 is 11.3. The second-order valence-electron chi connectivity index (χ2n) is 7.15. The van der Waals surface area contributed by atoms with Crippen LogP contribution in [-0.4, -0.2) is 29.5 Å². The van der Waals surface area contributed by atoms with Crippen LogP contribution < -0.4 is 5.73 Å². The first-order valence-corrected chi connectivity index (χ1v) is 11.8. The monoisotopic (exact) mass is 367 g/mol. The van der Waals surface area contributed by atoms with Crippen LogP contribution in [0.3, 0.4) is 0 Å². The van der Waals surface area contributed by atoms with Crippen LogP contribution in [0.1, 0.15) is 63.0 Å². The molecular weight excluding hydrogens is 333 g/mol. The number of ketones is 1. The lowest BCUT2D eigenvalue weighted by molar-refractivity contribution is -0.119. The molecule has 3 N–H and O–H groups in total. The SMILES string of the molecule is CCCCCCCCc1cccc(CC(=O)C(N)CCP(C)(=O)O)c1. The number of hydrogen-bond acceptors (Lipinski definition) is 3. The molecule has 25 heavy (non-hydrogen) atoms. The largest absolute Gasteiger partial charge is 0.344 e. The summed E-state index contributed by atoms with van der Waals surface area (Å²) in [5, 5.41) is 0. The van der Waals surface area contributed by atoms with Gasteiger partial charge in [-0.1, -0.05) is 63.3 Å². The number of aryl methyl sites for hydroxylation is 1. The van der Waals surface area contributed by atoms with Crippen molar-refractivity contribution in [2.24, 2.45) is 5.73 Å². The lowest BCUT2D eigenvalue weighted by Gasteiger charge is -2.12. The zero-order valence-corrected chi connectivity index (χ0v) is 16.6. The van der Waals surface area contributed by atoms with Crippen LogP contribution >= 0.6 is 7.37 Å². The van der Waals surface area contributed by atoms with Crippen LogP contribution in [0.2, 0.25) is 0 Å². The molecule has 1 aromatic carbocycles. The van der Waals surface area contributed by atoms with E-state index in [-0.39, 0.29) is 18.4 Å². The predicted octanol–water partition coefficient (Wildman–Crippen LogP) is 4.32. The normalized spacial score (nSPS) is 14.9. The van der Waals surface area contributed by atoms with E-state index in [0.29, 0.717) is 6.42 Å². The Morgan fingerprint density at radius 3 is 2.48 bits per heavy atom. The second kappa shape index (κ2) is 11.6. The second-order valence-corrected chi connectivity index (χ2v) is 9.70. The minimum Gasteiger partial charge on any atom is -0.344 e. The van der Waals surface area contributed by atoms with Gasteiger partial charge in [-0.2, -0.15) is 0 Å². The van der Waals surface area contributed by atoms with E-state index in [1.165, 1.54) is 50.8 Å². The maximum absolute atomic E-state index is 12.2. The summed E-state index contributed by atoms with van der Waals surface area (Å²) in [6, 6.07) is 7.48. The summed E-state index contributed by atoms with van der Waals surface area (Å²) in [6.07, 6.45) is 9.35. The van der Waals surface area contributed by atoms with Gasteiger partial charge in [-0.3, -0.25) is 9.36 Å². The summed E-state index contributed by atoms with van der Waals surface area (Å²) in [4.78, 5) is 21.5. The van der Waals surface area contributed by atoms with Gasteiger partial charge in [0.05, 0.1) is 6.04 Å². The molecule has 0 bridgehead atoms. The number of nitrogens with two attached hydrogens (primary N) is 1. The number of benzene rings is 1. The van der Waals surface area contributed by atoms with E-state index >= 15 is 0 Å². The highest BCUT2D eigenvalue weighted by atomic mass is 31.2. The highest BCUT2D eigenvalue weighted by molar-refractivity contribution is 7.57. The molecule has 0 aliphatic rings. The van der Waals surface area contributed by atoms with Crippen LogP contribution in [0.25, 0.3) is 0 Å². The first-order valence-electron chi connectivity index (χ1n) is 9.47. The van der Waals surface area contributed by atoms with Gasteiger partial charge in [0.15, 0.2) is 13.2 Å². The fraction of sp³-hybridized carbons (Fsp3) is 0.650. The van der Waals surface area contributed by atoms with Gasteiger partial charge in [0.1, 0.15) is 0 Å². The van der Waals surface area contributed by atoms with E-state index in [2.05, 4.69) is 19.1 Å². The molecule has 0 heterocycles. The molecule has 1 aromatic rings. The summed E-state index contributed by atoms with van der Waals surface area (Å²) in [6.45, 7) is 3.53. The zero-order valence-electron chi connectivity index (χ0n) is 15.7. The highest BCUT2D eigenvalue weighted by Gasteiger charge is 2.18. The van der Waals surface area contributed by atoms with Crippen molar-refractivity contribution in [2.45, 2.75) is 70.8 Å². The molecule has 0 spiro atoms. The van der Waals surface area contributed by atoms with E-state index in [9.17, 15) is 14.3 Å². The van der Waals surface area contributed by atoms with E-state index in [4.69, 9.17) is 5.73 Å². The van der Waals surface area contributed by atoms with E-state index in [0.717, 1.165) is 12.0 Å². The molecule has 2 unspecified atom stereocenters. The van der Waals surface area contributed by atoms with Crippen molar-refractivity contribution in [3.05, 3.63) is 35.4 Å². The molecule has 4 nitrogen and oxygen atoms in total. The first-order chi connectivity index (χ1) is 11.8. The minimum absolute atomic E-state index is 0.0647. The average molecular weight is 367 g/mol. The fourth-order valence-electron chi connectivity index (χ4n) is 2.88. The third-order valence-electron chi connectivity index (χ3n) is 4.46. The molecule has 0 aliphatic carbocycles. The topological polar surface area (TPSA) is 80.4 Å². The van der Waals surface area contributed by atoms with Gasteiger partial charge in [-0.15, -0.1) is 0 Å². The van der Waals surface area contributed by atoms with Gasteiger partial charge in [0, 0.05) is 19.2 Å². The number of Topliss-reactive ketones (excluding diaryl/α,β-unsaturated/α-hetero) is 1. The molecule has 0 amide bonds. The maximum Gasteiger partial charge on any atom is 0.197 e. The third-order valence-corrected chi connectivity index (χ3v) is 5.55. The molecule has 0 saturated heterocycles. The minimum atomic E-state index is -3.10. The van der Waals surface area contributed by atoms with Gasteiger partial charge >= 0.3 is 0 Å². The molecule has 0 aliphatic heterocycles. The molecule has 0 aromatic heterocycles. The zero-order chi connectivity index (χ0) is 18.7. The Labute approximate surface area is 152 Å². The van der Waals surface area contributed by atoms with Crippen LogP contribution in [0.15, 0.2) is 24.3 Å². The summed E-state index contributed by atoms with van der Waals surface area (Å²) in [5.41, 5.74) is 8.11. The maximum atomic E-state index is 12.2. The standard InChI is InChI=1S/C20H34NO3P/c1-3-4-5-6-7-8-10-17-11-9-12-18(15-17)16-20(22)19(21)13-14-25(2,23)24/h9,11-12,15,19H,3-8,10,13-14,16,21H2,1-2H3,(H,23,24). The number of carbonyl (C=O) groups excluding carboxylic acids is 1. The van der Waals surface area contributed by atoms with E-state index in [1.54, 1.807) is 0 Å². The lowest BCUT2D eigenvalue weighted by Crippen LogP contribution is -2.32. The van der Waals surface area contributed by atoms with Crippen molar-refractivity contribution in [1.82, 2.24) is 0 Å². The number of hydrogen-bond donors (Lipinski definition) is 2. The Bertz CT molecular complexity index is 568. The third kappa shape index (κ3) is 10.6. The number of rotatable bonds is 13. The van der Waals surface area contributed by atoms with Gasteiger partial charge in [-0.25, -0.2) is 0 Å². The molecular formula is C20H34NO3P. The van der Waals surface area contributed by atoms with Crippen molar-refractivity contribution in [3.8, 4) is 0 Å². The van der Waals surface area contributed by atoms with Crippen molar-refractivity contribution >= 4 is 13.2 Å². The Kier molecular flexibility index (Phi) is 10.3. The average Bonchev–Trinajstić information content (AvgIpc) is 2.55. The Morgan fingerprint density at radius 2 is 1.80 bits per heavy atom. The van der Waals surface area contributed by atoms with Gasteiger partial charge in [0.25, 0.3) is 0 Å². The Morgan fingerprint density at radius 1 is 1.16 bits per heavy atom. The van der Waals surface area contributed by atoms with Crippen LogP contribution in [-0.2, 0) is 22.2 Å². The number of carbonyl (C=O) groups is 1.